The number of fused-ring (bicyclic) bond motifs is 3. The summed E-state index contributed by atoms with van der Waals surface area (Å²) in [6.07, 6.45) is 0. The van der Waals surface area contributed by atoms with Gasteiger partial charge < -0.3 is 14.7 Å². The van der Waals surface area contributed by atoms with Gasteiger partial charge in [0.15, 0.2) is 11.5 Å². The van der Waals surface area contributed by atoms with E-state index in [2.05, 4.69) is 4.90 Å². The molecule has 0 unspecified atom stereocenters. The molecule has 0 saturated carbocycles. The van der Waals surface area contributed by atoms with Crippen molar-refractivity contribution >= 4 is 44.0 Å². The summed E-state index contributed by atoms with van der Waals surface area (Å²) in [4.78, 5) is 44.3. The number of amides is 1. The first-order valence-electron chi connectivity index (χ1n) is 12.2. The predicted octanol–water partition coefficient (Wildman–Crippen LogP) is 3.49. The zero-order valence-corrected chi connectivity index (χ0v) is 22.1. The van der Waals surface area contributed by atoms with Gasteiger partial charge in [0.1, 0.15) is 10.3 Å². The van der Waals surface area contributed by atoms with E-state index in [1.165, 1.54) is 23.0 Å². The molecule has 0 aliphatic heterocycles. The molecule has 2 heterocycles. The topological polar surface area (TPSA) is 92.1 Å². The summed E-state index contributed by atoms with van der Waals surface area (Å²) < 4.78 is 7.78. The molecule has 2 aromatic heterocycles. The molecule has 0 atom stereocenters. The number of likely N-dealkylation sites (N-methyl/N-ethyl adjacent to an activating group) is 2. The van der Waals surface area contributed by atoms with Crippen molar-refractivity contribution in [2.75, 3.05) is 46.9 Å². The van der Waals surface area contributed by atoms with Gasteiger partial charge in [0.25, 0.3) is 11.5 Å². The number of aromatic nitrogens is 1. The number of rotatable bonds is 11. The molecular formula is C28H31N3O5S. The average Bonchev–Trinajstić information content (AvgIpc) is 3.33. The lowest BCUT2D eigenvalue weighted by molar-refractivity contribution is 0.0776. The number of Topliss-reactive ketones (excluding diaryl/α,β-unsaturated/α-hetero) is 1. The maximum Gasteiger partial charge on any atom is 0.267 e. The standard InChI is InChI=1S/C28H31N3O5S/c1-4-30(16-17-32)15-14-29(2)28(35)26-24(36-3)23-25(37-26)20-12-8-9-13-21(20)31(27(23)34)18-22(33)19-10-6-5-7-11-19/h5-13,32H,4,14-18H2,1-3H3. The third kappa shape index (κ3) is 5.29. The highest BCUT2D eigenvalue weighted by Gasteiger charge is 2.27. The lowest BCUT2D eigenvalue weighted by atomic mass is 10.1. The summed E-state index contributed by atoms with van der Waals surface area (Å²) in [5, 5.41) is 10.3. The number of carbonyl (C=O) groups is 2. The van der Waals surface area contributed by atoms with Gasteiger partial charge in [-0.3, -0.25) is 23.9 Å². The van der Waals surface area contributed by atoms with Gasteiger partial charge in [-0.15, -0.1) is 11.3 Å². The van der Waals surface area contributed by atoms with Gasteiger partial charge in [0, 0.05) is 37.6 Å². The maximum atomic E-state index is 13.8. The summed E-state index contributed by atoms with van der Waals surface area (Å²) in [5.74, 6) is -0.189. The van der Waals surface area contributed by atoms with E-state index in [9.17, 15) is 19.5 Å². The number of nitrogens with zero attached hydrogens (tertiary/aromatic N) is 3. The minimum Gasteiger partial charge on any atom is -0.494 e. The Morgan fingerprint density at radius 1 is 1.03 bits per heavy atom. The number of aliphatic hydroxyl groups excluding tert-OH is 1. The molecule has 0 bridgehead atoms. The number of pyridine rings is 1. The Morgan fingerprint density at radius 3 is 2.41 bits per heavy atom. The molecule has 9 heteroatoms. The molecule has 8 nitrogen and oxygen atoms in total. The normalized spacial score (nSPS) is 11.4. The largest absolute Gasteiger partial charge is 0.494 e. The summed E-state index contributed by atoms with van der Waals surface area (Å²) >= 11 is 1.23. The second kappa shape index (κ2) is 11.7. The molecule has 0 aliphatic carbocycles. The zero-order valence-electron chi connectivity index (χ0n) is 21.3. The highest BCUT2D eigenvalue weighted by Crippen LogP contribution is 2.40. The van der Waals surface area contributed by atoms with Crippen molar-refractivity contribution in [1.82, 2.24) is 14.4 Å². The van der Waals surface area contributed by atoms with Crippen LogP contribution in [0.5, 0.6) is 5.75 Å². The molecule has 1 N–H and O–H groups in total. The highest BCUT2D eigenvalue weighted by molar-refractivity contribution is 7.22. The molecule has 0 radical (unpaired) electrons. The van der Waals surface area contributed by atoms with Crippen molar-refractivity contribution in [2.24, 2.45) is 0 Å². The van der Waals surface area contributed by atoms with Crippen LogP contribution in [-0.4, -0.2) is 78.1 Å². The van der Waals surface area contributed by atoms with E-state index in [4.69, 9.17) is 4.74 Å². The quantitative estimate of drug-likeness (QED) is 0.304. The first kappa shape index (κ1) is 26.5. The number of carbonyl (C=O) groups excluding carboxylic acids is 2. The third-order valence-electron chi connectivity index (χ3n) is 6.52. The Morgan fingerprint density at radius 2 is 1.73 bits per heavy atom. The van der Waals surface area contributed by atoms with E-state index >= 15 is 0 Å². The second-order valence-corrected chi connectivity index (χ2v) is 9.77. The van der Waals surface area contributed by atoms with Crippen LogP contribution < -0.4 is 10.3 Å². The van der Waals surface area contributed by atoms with E-state index in [1.54, 1.807) is 36.2 Å². The summed E-state index contributed by atoms with van der Waals surface area (Å²) in [5.41, 5.74) is 0.784. The monoisotopic (exact) mass is 521 g/mol. The molecule has 2 aromatic carbocycles. The van der Waals surface area contributed by atoms with E-state index < -0.39 is 0 Å². The van der Waals surface area contributed by atoms with Gasteiger partial charge in [0.2, 0.25) is 0 Å². The van der Waals surface area contributed by atoms with Crippen LogP contribution in [0.25, 0.3) is 21.0 Å². The Bertz CT molecular complexity index is 1480. The lowest BCUT2D eigenvalue weighted by Gasteiger charge is -2.23. The van der Waals surface area contributed by atoms with E-state index in [0.717, 1.165) is 11.9 Å². The van der Waals surface area contributed by atoms with Gasteiger partial charge in [0.05, 0.1) is 30.5 Å². The number of hydrogen-bond donors (Lipinski definition) is 1. The maximum absolute atomic E-state index is 13.8. The van der Waals surface area contributed by atoms with Crippen LogP contribution >= 0.6 is 11.3 Å². The van der Waals surface area contributed by atoms with Crippen molar-refractivity contribution in [3.8, 4) is 5.75 Å². The van der Waals surface area contributed by atoms with Crippen LogP contribution in [0.4, 0.5) is 0 Å². The van der Waals surface area contributed by atoms with Gasteiger partial charge in [-0.1, -0.05) is 55.5 Å². The van der Waals surface area contributed by atoms with Crippen LogP contribution in [0.3, 0.4) is 0 Å². The third-order valence-corrected chi connectivity index (χ3v) is 7.71. The lowest BCUT2D eigenvalue weighted by Crippen LogP contribution is -2.37. The molecule has 0 spiro atoms. The molecule has 37 heavy (non-hydrogen) atoms. The molecule has 0 aliphatic rings. The molecule has 4 aromatic rings. The van der Waals surface area contributed by atoms with Crippen LogP contribution in [0.15, 0.2) is 59.4 Å². The number of thiophene rings is 1. The molecule has 1 amide bonds. The molecule has 194 valence electrons. The van der Waals surface area contributed by atoms with Crippen LogP contribution in [0, 0.1) is 0 Å². The van der Waals surface area contributed by atoms with Crippen molar-refractivity contribution < 1.29 is 19.4 Å². The summed E-state index contributed by atoms with van der Waals surface area (Å²) in [6.45, 7) is 4.32. The first-order valence-corrected chi connectivity index (χ1v) is 13.0. The molecule has 4 rings (SSSR count). The number of ketones is 1. The van der Waals surface area contributed by atoms with Crippen LogP contribution in [0.2, 0.25) is 0 Å². The van der Waals surface area contributed by atoms with Crippen molar-refractivity contribution in [3.05, 3.63) is 75.4 Å². The fourth-order valence-corrected chi connectivity index (χ4v) is 5.72. The highest BCUT2D eigenvalue weighted by atomic mass is 32.1. The fourth-order valence-electron chi connectivity index (χ4n) is 4.43. The number of aliphatic hydroxyl groups is 1. The number of benzene rings is 2. The number of hydrogen-bond acceptors (Lipinski definition) is 7. The Balaban J connectivity index is 1.78. The van der Waals surface area contributed by atoms with Crippen LogP contribution in [-0.2, 0) is 6.54 Å². The number of methoxy groups -OCH3 is 1. The average molecular weight is 522 g/mol. The summed E-state index contributed by atoms with van der Waals surface area (Å²) in [6, 6.07) is 16.3. The van der Waals surface area contributed by atoms with Crippen molar-refractivity contribution in [1.29, 1.82) is 0 Å². The second-order valence-electron chi connectivity index (χ2n) is 8.75. The minimum atomic E-state index is -0.368. The van der Waals surface area contributed by atoms with Gasteiger partial charge in [-0.2, -0.15) is 0 Å². The van der Waals surface area contributed by atoms with Gasteiger partial charge >= 0.3 is 0 Å². The Hall–Kier alpha value is -3.53. The number of para-hydroxylation sites is 1. The Kier molecular flexibility index (Phi) is 8.38. The summed E-state index contributed by atoms with van der Waals surface area (Å²) in [7, 11) is 3.17. The fraction of sp³-hybridized carbons (Fsp3) is 0.321. The van der Waals surface area contributed by atoms with Gasteiger partial charge in [-0.05, 0) is 12.6 Å². The number of ether oxygens (including phenoxy) is 1. The smallest absolute Gasteiger partial charge is 0.267 e. The van der Waals surface area contributed by atoms with Crippen molar-refractivity contribution in [2.45, 2.75) is 13.5 Å². The predicted molar refractivity (Wildman–Crippen MR) is 147 cm³/mol. The van der Waals surface area contributed by atoms with Crippen molar-refractivity contribution in [3.63, 3.8) is 0 Å². The minimum absolute atomic E-state index is 0.0573. The Labute approximate surface area is 219 Å². The van der Waals surface area contributed by atoms with E-state index in [1.807, 2.05) is 37.3 Å². The molecular weight excluding hydrogens is 490 g/mol. The van der Waals surface area contributed by atoms with Gasteiger partial charge in [-0.25, -0.2) is 0 Å². The van der Waals surface area contributed by atoms with E-state index in [-0.39, 0.29) is 36.2 Å². The molecule has 0 fully saturated rings. The zero-order chi connectivity index (χ0) is 26.5. The SMILES string of the molecule is CCN(CCO)CCN(C)C(=O)c1sc2c(c1OC)c(=O)n(CC(=O)c1ccccc1)c1ccccc21. The first-order chi connectivity index (χ1) is 17.9. The molecule has 0 saturated heterocycles. The van der Waals surface area contributed by atoms with Crippen LogP contribution in [0.1, 0.15) is 27.0 Å². The van der Waals surface area contributed by atoms with E-state index in [0.29, 0.717) is 45.7 Å².